The molecule has 0 saturated heterocycles. The van der Waals surface area contributed by atoms with Crippen molar-refractivity contribution >= 4 is 17.3 Å². The summed E-state index contributed by atoms with van der Waals surface area (Å²) in [4.78, 5) is 2.15. The van der Waals surface area contributed by atoms with Crippen molar-refractivity contribution < 1.29 is 9.84 Å². The molecule has 5 heteroatoms. The highest BCUT2D eigenvalue weighted by molar-refractivity contribution is 7.80. The average Bonchev–Trinajstić information content (AvgIpc) is 2.80. The fourth-order valence-electron chi connectivity index (χ4n) is 3.87. The molecule has 1 aliphatic rings. The normalized spacial score (nSPS) is 12.9. The van der Waals surface area contributed by atoms with Gasteiger partial charge in [0.15, 0.2) is 16.6 Å². The van der Waals surface area contributed by atoms with Gasteiger partial charge in [-0.25, -0.2) is 0 Å². The number of nitrogens with one attached hydrogen (secondary N) is 1. The average molecular weight is 419 g/mol. The van der Waals surface area contributed by atoms with E-state index in [1.807, 2.05) is 18.2 Å². The molecule has 0 aromatic heterocycles. The molecule has 1 aliphatic heterocycles. The van der Waals surface area contributed by atoms with Gasteiger partial charge < -0.3 is 20.1 Å². The van der Waals surface area contributed by atoms with Gasteiger partial charge in [-0.1, -0.05) is 60.7 Å². The molecule has 0 spiro atoms. The standard InChI is InChI=1S/C25H26N2O2S/c1-29-23-12-11-21-17-27(16-14-22(21)24(23)28)25(30)26-15-13-18-7-9-20(10-8-18)19-5-3-2-4-6-19/h2-12,28H,13-17H2,1H3,(H,26,30). The third kappa shape index (κ3) is 4.41. The highest BCUT2D eigenvalue weighted by Crippen LogP contribution is 2.35. The summed E-state index contributed by atoms with van der Waals surface area (Å²) in [5.74, 6) is 0.786. The predicted molar refractivity (Wildman–Crippen MR) is 125 cm³/mol. The van der Waals surface area contributed by atoms with Crippen molar-refractivity contribution in [3.05, 3.63) is 83.4 Å². The Balaban J connectivity index is 1.30. The number of thiocarbonyl (C=S) groups is 1. The molecule has 0 aliphatic carbocycles. The Kier molecular flexibility index (Phi) is 6.19. The van der Waals surface area contributed by atoms with Crippen molar-refractivity contribution in [2.75, 3.05) is 20.2 Å². The lowest BCUT2D eigenvalue weighted by Gasteiger charge is -2.31. The third-order valence-corrected chi connectivity index (χ3v) is 6.00. The van der Waals surface area contributed by atoms with Gasteiger partial charge >= 0.3 is 0 Å². The van der Waals surface area contributed by atoms with E-state index in [2.05, 4.69) is 58.7 Å². The number of hydrogen-bond donors (Lipinski definition) is 2. The molecule has 154 valence electrons. The maximum absolute atomic E-state index is 10.3. The molecule has 0 amide bonds. The van der Waals surface area contributed by atoms with Crippen LogP contribution in [0.2, 0.25) is 0 Å². The summed E-state index contributed by atoms with van der Waals surface area (Å²) in [6, 6.07) is 22.9. The number of benzene rings is 3. The number of aromatic hydroxyl groups is 1. The summed E-state index contributed by atoms with van der Waals surface area (Å²) in [7, 11) is 1.57. The number of rotatable bonds is 5. The van der Waals surface area contributed by atoms with E-state index >= 15 is 0 Å². The Hall–Kier alpha value is -3.05. The fraction of sp³-hybridized carbons (Fsp3) is 0.240. The Morgan fingerprint density at radius 3 is 2.50 bits per heavy atom. The van der Waals surface area contributed by atoms with E-state index in [-0.39, 0.29) is 5.75 Å². The maximum Gasteiger partial charge on any atom is 0.169 e. The molecular weight excluding hydrogens is 392 g/mol. The van der Waals surface area contributed by atoms with Gasteiger partial charge in [0.2, 0.25) is 0 Å². The Labute approximate surface area is 183 Å². The molecule has 0 atom stereocenters. The summed E-state index contributed by atoms with van der Waals surface area (Å²) in [5.41, 5.74) is 5.81. The fourth-order valence-corrected chi connectivity index (χ4v) is 4.13. The Morgan fingerprint density at radius 2 is 1.77 bits per heavy atom. The van der Waals surface area contributed by atoms with E-state index in [1.165, 1.54) is 16.7 Å². The van der Waals surface area contributed by atoms with Gasteiger partial charge in [-0.2, -0.15) is 0 Å². The van der Waals surface area contributed by atoms with Gasteiger partial charge in [0.1, 0.15) is 0 Å². The molecule has 4 rings (SSSR count). The van der Waals surface area contributed by atoms with Crippen LogP contribution in [-0.2, 0) is 19.4 Å². The van der Waals surface area contributed by atoms with Gasteiger partial charge in [0.05, 0.1) is 7.11 Å². The minimum Gasteiger partial charge on any atom is -0.504 e. The zero-order valence-electron chi connectivity index (χ0n) is 17.1. The topological polar surface area (TPSA) is 44.7 Å². The van der Waals surface area contributed by atoms with Gasteiger partial charge in [-0.05, 0) is 53.4 Å². The molecule has 2 N–H and O–H groups in total. The van der Waals surface area contributed by atoms with E-state index < -0.39 is 0 Å². The molecule has 3 aromatic rings. The van der Waals surface area contributed by atoms with Crippen LogP contribution in [0.3, 0.4) is 0 Å². The van der Waals surface area contributed by atoms with Crippen LogP contribution in [0.15, 0.2) is 66.7 Å². The molecule has 0 fully saturated rings. The van der Waals surface area contributed by atoms with Crippen LogP contribution in [0.1, 0.15) is 16.7 Å². The first kappa shape index (κ1) is 20.2. The van der Waals surface area contributed by atoms with Crippen molar-refractivity contribution in [2.24, 2.45) is 0 Å². The highest BCUT2D eigenvalue weighted by atomic mass is 32.1. The summed E-state index contributed by atoms with van der Waals surface area (Å²) in [6.45, 7) is 2.27. The summed E-state index contributed by atoms with van der Waals surface area (Å²) in [6.07, 6.45) is 1.67. The number of phenols is 1. The second-order valence-corrected chi connectivity index (χ2v) is 7.86. The first-order chi connectivity index (χ1) is 14.7. The van der Waals surface area contributed by atoms with Crippen molar-refractivity contribution in [2.45, 2.75) is 19.4 Å². The van der Waals surface area contributed by atoms with Gasteiger partial charge in [0, 0.05) is 25.2 Å². The predicted octanol–water partition coefficient (Wildman–Crippen LogP) is 4.54. The number of hydrogen-bond acceptors (Lipinski definition) is 3. The van der Waals surface area contributed by atoms with Crippen molar-refractivity contribution in [3.8, 4) is 22.6 Å². The Morgan fingerprint density at radius 1 is 1.03 bits per heavy atom. The van der Waals surface area contributed by atoms with Crippen LogP contribution < -0.4 is 10.1 Å². The molecule has 0 radical (unpaired) electrons. The minimum absolute atomic E-state index is 0.257. The lowest BCUT2D eigenvalue weighted by Crippen LogP contribution is -2.43. The molecule has 1 heterocycles. The van der Waals surface area contributed by atoms with E-state index in [1.54, 1.807) is 7.11 Å². The lowest BCUT2D eigenvalue weighted by atomic mass is 9.98. The second kappa shape index (κ2) is 9.18. The van der Waals surface area contributed by atoms with E-state index in [9.17, 15) is 5.11 Å². The molecule has 30 heavy (non-hydrogen) atoms. The summed E-state index contributed by atoms with van der Waals surface area (Å²) in [5, 5.41) is 14.5. The molecule has 0 saturated carbocycles. The van der Waals surface area contributed by atoms with Crippen molar-refractivity contribution in [1.29, 1.82) is 0 Å². The third-order valence-electron chi connectivity index (χ3n) is 5.59. The number of methoxy groups -OCH3 is 1. The number of fused-ring (bicyclic) bond motifs is 1. The van der Waals surface area contributed by atoms with Crippen LogP contribution in [0.25, 0.3) is 11.1 Å². The van der Waals surface area contributed by atoms with Crippen molar-refractivity contribution in [3.63, 3.8) is 0 Å². The monoisotopic (exact) mass is 418 g/mol. The first-order valence-corrected chi connectivity index (χ1v) is 10.6. The van der Waals surface area contributed by atoms with Crippen molar-refractivity contribution in [1.82, 2.24) is 10.2 Å². The molecule has 0 bridgehead atoms. The molecule has 0 unspecified atom stereocenters. The number of ether oxygens (including phenoxy) is 1. The zero-order valence-corrected chi connectivity index (χ0v) is 17.9. The molecule has 3 aromatic carbocycles. The van der Waals surface area contributed by atoms with Crippen LogP contribution in [0.5, 0.6) is 11.5 Å². The van der Waals surface area contributed by atoms with Gasteiger partial charge in [0.25, 0.3) is 0 Å². The first-order valence-electron chi connectivity index (χ1n) is 10.2. The zero-order chi connectivity index (χ0) is 20.9. The SMILES string of the molecule is COc1ccc2c(c1O)CCN(C(=S)NCCc1ccc(-c3ccccc3)cc1)C2. The quantitative estimate of drug-likeness (QED) is 0.596. The lowest BCUT2D eigenvalue weighted by molar-refractivity contribution is 0.351. The summed E-state index contributed by atoms with van der Waals surface area (Å²) >= 11 is 5.61. The highest BCUT2D eigenvalue weighted by Gasteiger charge is 2.22. The largest absolute Gasteiger partial charge is 0.504 e. The van der Waals surface area contributed by atoms with Crippen LogP contribution in [0.4, 0.5) is 0 Å². The van der Waals surface area contributed by atoms with E-state index in [0.717, 1.165) is 42.2 Å². The molecular formula is C25H26N2O2S. The molecule has 4 nitrogen and oxygen atoms in total. The number of phenolic OH excluding ortho intramolecular Hbond substituents is 1. The Bertz CT molecular complexity index is 1020. The van der Waals surface area contributed by atoms with Gasteiger partial charge in [-0.15, -0.1) is 0 Å². The van der Waals surface area contributed by atoms with E-state index in [4.69, 9.17) is 17.0 Å². The van der Waals surface area contributed by atoms with Crippen LogP contribution in [0, 0.1) is 0 Å². The summed E-state index contributed by atoms with van der Waals surface area (Å²) < 4.78 is 5.21. The van der Waals surface area contributed by atoms with Gasteiger partial charge in [-0.3, -0.25) is 0 Å². The minimum atomic E-state index is 0.257. The smallest absolute Gasteiger partial charge is 0.169 e. The van der Waals surface area contributed by atoms with Crippen LogP contribution in [-0.4, -0.2) is 35.3 Å². The second-order valence-electron chi connectivity index (χ2n) is 7.47. The van der Waals surface area contributed by atoms with Crippen LogP contribution >= 0.6 is 12.2 Å². The van der Waals surface area contributed by atoms with E-state index in [0.29, 0.717) is 12.3 Å². The number of nitrogens with zero attached hydrogens (tertiary/aromatic N) is 1. The maximum atomic E-state index is 10.3.